The number of halogens is 1. The third-order valence-corrected chi connectivity index (χ3v) is 7.46. The highest BCUT2D eigenvalue weighted by Gasteiger charge is 2.29. The van der Waals surface area contributed by atoms with E-state index in [2.05, 4.69) is 15.1 Å². The molecule has 3 aromatic heterocycles. The third kappa shape index (κ3) is 3.72. The maximum absolute atomic E-state index is 13.8. The first-order valence-corrected chi connectivity index (χ1v) is 12.7. The van der Waals surface area contributed by atoms with Gasteiger partial charge in [-0.1, -0.05) is 23.7 Å². The van der Waals surface area contributed by atoms with E-state index in [1.807, 2.05) is 35.0 Å². The molecule has 4 aromatic rings. The Balaban J connectivity index is 1.27. The van der Waals surface area contributed by atoms with Crippen LogP contribution >= 0.6 is 11.6 Å². The topological polar surface area (TPSA) is 82.4 Å². The number of nitrogens with zero attached hydrogens (tertiary/aromatic N) is 5. The normalized spacial score (nSPS) is 16.5. The van der Waals surface area contributed by atoms with Gasteiger partial charge in [-0.2, -0.15) is 5.10 Å². The van der Waals surface area contributed by atoms with Crippen molar-refractivity contribution in [3.63, 3.8) is 0 Å². The molecule has 1 aliphatic carbocycles. The maximum Gasteiger partial charge on any atom is 0.260 e. The number of carbonyl (C=O) groups is 1. The summed E-state index contributed by atoms with van der Waals surface area (Å²) >= 11 is 6.45. The van der Waals surface area contributed by atoms with E-state index in [1.165, 1.54) is 12.8 Å². The molecule has 1 fully saturated rings. The number of pyridine rings is 2. The van der Waals surface area contributed by atoms with Crippen molar-refractivity contribution in [2.45, 2.75) is 51.5 Å². The maximum atomic E-state index is 13.8. The minimum absolute atomic E-state index is 0.150. The molecule has 1 amide bonds. The second-order valence-corrected chi connectivity index (χ2v) is 9.96. The second kappa shape index (κ2) is 8.57. The Bertz CT molecular complexity index is 1500. The van der Waals surface area contributed by atoms with E-state index in [0.717, 1.165) is 46.3 Å². The van der Waals surface area contributed by atoms with Crippen molar-refractivity contribution in [3.8, 4) is 5.88 Å². The van der Waals surface area contributed by atoms with Crippen LogP contribution in [-0.4, -0.2) is 32.3 Å². The number of aromatic nitrogens is 4. The number of benzene rings is 1. The van der Waals surface area contributed by atoms with Gasteiger partial charge in [0.2, 0.25) is 5.88 Å². The number of aryl methyl sites for hydroxylation is 1. The van der Waals surface area contributed by atoms with Crippen LogP contribution in [0.4, 0.5) is 5.69 Å². The molecule has 5 heterocycles. The fraction of sp³-hybridized carbons (Fsp3) is 0.333. The van der Waals surface area contributed by atoms with Gasteiger partial charge in [0.25, 0.3) is 5.91 Å². The van der Waals surface area contributed by atoms with Gasteiger partial charge in [0.15, 0.2) is 0 Å². The summed E-state index contributed by atoms with van der Waals surface area (Å²) in [6.45, 7) is 2.71. The van der Waals surface area contributed by atoms with Crippen LogP contribution in [0.25, 0.3) is 10.9 Å². The minimum Gasteiger partial charge on any atom is -0.476 e. The quantitative estimate of drug-likeness (QED) is 0.357. The molecule has 2 aliphatic heterocycles. The number of anilines is 1. The molecule has 0 radical (unpaired) electrons. The summed E-state index contributed by atoms with van der Waals surface area (Å²) < 4.78 is 13.4. The summed E-state index contributed by atoms with van der Waals surface area (Å²) in [7, 11) is 0. The average molecular weight is 502 g/mol. The Morgan fingerprint density at radius 3 is 2.86 bits per heavy atom. The fourth-order valence-corrected chi connectivity index (χ4v) is 5.31. The van der Waals surface area contributed by atoms with Crippen molar-refractivity contribution in [3.05, 3.63) is 75.8 Å². The fourth-order valence-electron chi connectivity index (χ4n) is 5.05. The molecule has 0 bridgehead atoms. The zero-order valence-corrected chi connectivity index (χ0v) is 20.4. The van der Waals surface area contributed by atoms with E-state index < -0.39 is 0 Å². The van der Waals surface area contributed by atoms with E-state index in [9.17, 15) is 4.79 Å². The van der Waals surface area contributed by atoms with Gasteiger partial charge in [-0.3, -0.25) is 14.7 Å². The predicted molar refractivity (Wildman–Crippen MR) is 134 cm³/mol. The second-order valence-electron chi connectivity index (χ2n) is 9.60. The molecule has 7 rings (SSSR count). The molecule has 1 saturated carbocycles. The number of carbonyl (C=O) groups excluding carboxylic acids is 1. The van der Waals surface area contributed by atoms with Gasteiger partial charge < -0.3 is 9.47 Å². The summed E-state index contributed by atoms with van der Waals surface area (Å²) in [6, 6.07) is 9.91. The molecule has 0 N–H and O–H groups in total. The van der Waals surface area contributed by atoms with Crippen LogP contribution in [0.3, 0.4) is 0 Å². The van der Waals surface area contributed by atoms with Crippen LogP contribution in [0.5, 0.6) is 5.88 Å². The minimum atomic E-state index is -0.150. The summed E-state index contributed by atoms with van der Waals surface area (Å²) in [4.78, 5) is 24.7. The number of amides is 1. The summed E-state index contributed by atoms with van der Waals surface area (Å²) in [5.41, 5.74) is 6.00. The SMILES string of the molecule is O=C(c1ccc(C2CC2)nc1)N(Cc1ccc2c3c(c(Cl)nc2c1)COC3)c1cnn2c1OCCC2. The van der Waals surface area contributed by atoms with Gasteiger partial charge in [0.1, 0.15) is 10.8 Å². The van der Waals surface area contributed by atoms with E-state index in [4.69, 9.17) is 21.1 Å². The summed E-state index contributed by atoms with van der Waals surface area (Å²) in [5.74, 6) is 1.00. The Morgan fingerprint density at radius 2 is 2.03 bits per heavy atom. The Hall–Kier alpha value is -3.49. The first-order chi connectivity index (χ1) is 17.7. The van der Waals surface area contributed by atoms with Gasteiger partial charge in [-0.15, -0.1) is 0 Å². The molecule has 0 spiro atoms. The molecule has 36 heavy (non-hydrogen) atoms. The van der Waals surface area contributed by atoms with Crippen molar-refractivity contribution >= 4 is 34.1 Å². The average Bonchev–Trinajstić information content (AvgIpc) is 3.47. The highest BCUT2D eigenvalue weighted by molar-refractivity contribution is 6.30. The van der Waals surface area contributed by atoms with Crippen molar-refractivity contribution < 1.29 is 14.3 Å². The molecule has 0 saturated heterocycles. The van der Waals surface area contributed by atoms with Gasteiger partial charge in [-0.05, 0) is 42.2 Å². The Kier molecular flexibility index (Phi) is 5.18. The van der Waals surface area contributed by atoms with Crippen molar-refractivity contribution in [2.24, 2.45) is 0 Å². The molecule has 3 aliphatic rings. The van der Waals surface area contributed by atoms with Gasteiger partial charge in [-0.25, -0.2) is 9.67 Å². The number of fused-ring (bicyclic) bond motifs is 4. The lowest BCUT2D eigenvalue weighted by Gasteiger charge is -2.25. The Morgan fingerprint density at radius 1 is 1.14 bits per heavy atom. The van der Waals surface area contributed by atoms with E-state index in [0.29, 0.717) is 54.6 Å². The van der Waals surface area contributed by atoms with E-state index in [-0.39, 0.29) is 5.91 Å². The highest BCUT2D eigenvalue weighted by Crippen LogP contribution is 2.39. The van der Waals surface area contributed by atoms with Crippen LogP contribution in [0.15, 0.2) is 42.7 Å². The molecule has 8 nitrogen and oxygen atoms in total. The lowest BCUT2D eigenvalue weighted by molar-refractivity contribution is 0.0983. The van der Waals surface area contributed by atoms with Crippen LogP contribution < -0.4 is 9.64 Å². The number of hydrogen-bond donors (Lipinski definition) is 0. The first-order valence-electron chi connectivity index (χ1n) is 12.3. The predicted octanol–water partition coefficient (Wildman–Crippen LogP) is 5.02. The molecule has 0 unspecified atom stereocenters. The number of hydrogen-bond acceptors (Lipinski definition) is 6. The smallest absolute Gasteiger partial charge is 0.260 e. The molecular formula is C27H24ClN5O3. The molecule has 0 atom stereocenters. The number of ether oxygens (including phenoxy) is 2. The standard InChI is InChI=1S/C27H24ClN5O3/c28-25-21-15-35-14-20(21)19-6-2-16(10-23(19)31-25)13-32(24-12-30-33-8-1-9-36-27(24)33)26(34)18-5-7-22(29-11-18)17-3-4-17/h2,5-7,10-12,17H,1,3-4,8-9,13-15H2. The van der Waals surface area contributed by atoms with Crippen molar-refractivity contribution in [1.29, 1.82) is 0 Å². The zero-order chi connectivity index (χ0) is 24.2. The zero-order valence-electron chi connectivity index (χ0n) is 19.6. The van der Waals surface area contributed by atoms with Crippen LogP contribution in [0, 0.1) is 0 Å². The van der Waals surface area contributed by atoms with Gasteiger partial charge >= 0.3 is 0 Å². The molecule has 182 valence electrons. The van der Waals surface area contributed by atoms with Crippen LogP contribution in [-0.2, 0) is 31.0 Å². The van der Waals surface area contributed by atoms with Crippen molar-refractivity contribution in [1.82, 2.24) is 19.7 Å². The van der Waals surface area contributed by atoms with Crippen molar-refractivity contribution in [2.75, 3.05) is 11.5 Å². The first kappa shape index (κ1) is 21.8. The molecule has 1 aromatic carbocycles. The Labute approximate surface area is 212 Å². The highest BCUT2D eigenvalue weighted by atomic mass is 35.5. The summed E-state index contributed by atoms with van der Waals surface area (Å²) in [5, 5.41) is 5.98. The van der Waals surface area contributed by atoms with E-state index in [1.54, 1.807) is 17.3 Å². The number of rotatable bonds is 5. The van der Waals surface area contributed by atoms with Crippen LogP contribution in [0.2, 0.25) is 5.15 Å². The lowest BCUT2D eigenvalue weighted by Crippen LogP contribution is -2.31. The monoisotopic (exact) mass is 501 g/mol. The molecular weight excluding hydrogens is 478 g/mol. The lowest BCUT2D eigenvalue weighted by atomic mass is 10.0. The largest absolute Gasteiger partial charge is 0.476 e. The van der Waals surface area contributed by atoms with Gasteiger partial charge in [0, 0.05) is 41.7 Å². The summed E-state index contributed by atoms with van der Waals surface area (Å²) in [6.07, 6.45) is 6.62. The van der Waals surface area contributed by atoms with Crippen LogP contribution in [0.1, 0.15) is 57.9 Å². The van der Waals surface area contributed by atoms with E-state index >= 15 is 0 Å². The third-order valence-electron chi connectivity index (χ3n) is 7.14. The van der Waals surface area contributed by atoms with Gasteiger partial charge in [0.05, 0.1) is 43.6 Å². The molecule has 9 heteroatoms.